The lowest BCUT2D eigenvalue weighted by Gasteiger charge is -2.35. The van der Waals surface area contributed by atoms with Crippen molar-refractivity contribution in [3.8, 4) is 0 Å². The van der Waals surface area contributed by atoms with E-state index >= 15 is 0 Å². The minimum Gasteiger partial charge on any atom is -0.380 e. The van der Waals surface area contributed by atoms with E-state index in [0.717, 1.165) is 25.5 Å². The van der Waals surface area contributed by atoms with Crippen LogP contribution in [-0.2, 0) is 0 Å². The minimum atomic E-state index is -0.524. The molecule has 1 aromatic rings. The molecule has 1 aromatic carbocycles. The van der Waals surface area contributed by atoms with Gasteiger partial charge in [-0.15, -0.1) is 0 Å². The quantitative estimate of drug-likeness (QED) is 0.870. The maximum absolute atomic E-state index is 13.6. The number of nitrogens with one attached hydrogen (secondary N) is 1. The van der Waals surface area contributed by atoms with Gasteiger partial charge in [0, 0.05) is 24.7 Å². The summed E-state index contributed by atoms with van der Waals surface area (Å²) in [7, 11) is 0. The maximum Gasteiger partial charge on any atom is 0.149 e. The molecule has 2 atom stereocenters. The average molecular weight is 252 g/mol. The van der Waals surface area contributed by atoms with Gasteiger partial charge >= 0.3 is 0 Å². The Morgan fingerprint density at radius 3 is 2.89 bits per heavy atom. The Kier molecular flexibility index (Phi) is 3.20. The molecule has 2 fully saturated rings. The van der Waals surface area contributed by atoms with Crippen LogP contribution >= 0.6 is 0 Å². The Bertz CT molecular complexity index is 436. The first-order chi connectivity index (χ1) is 8.72. The summed E-state index contributed by atoms with van der Waals surface area (Å²) >= 11 is 0. The van der Waals surface area contributed by atoms with Crippen molar-refractivity contribution in [1.82, 2.24) is 4.90 Å². The fourth-order valence-electron chi connectivity index (χ4n) is 3.18. The molecule has 0 aliphatic carbocycles. The van der Waals surface area contributed by atoms with E-state index in [9.17, 15) is 8.78 Å². The third-order valence-electron chi connectivity index (χ3n) is 4.11. The van der Waals surface area contributed by atoms with Gasteiger partial charge in [-0.25, -0.2) is 8.78 Å². The summed E-state index contributed by atoms with van der Waals surface area (Å²) < 4.78 is 26.4. The van der Waals surface area contributed by atoms with Crippen LogP contribution in [0.1, 0.15) is 25.7 Å². The van der Waals surface area contributed by atoms with Gasteiger partial charge in [0.15, 0.2) is 0 Å². The van der Waals surface area contributed by atoms with Crippen molar-refractivity contribution in [1.29, 1.82) is 0 Å². The predicted molar refractivity (Wildman–Crippen MR) is 67.6 cm³/mol. The molecule has 18 heavy (non-hydrogen) atoms. The number of fused-ring (bicyclic) bond motifs is 1. The molecule has 1 N–H and O–H groups in total. The van der Waals surface area contributed by atoms with Crippen molar-refractivity contribution < 1.29 is 8.78 Å². The second-order valence-electron chi connectivity index (χ2n) is 5.32. The number of nitrogens with zero attached hydrogens (tertiary/aromatic N) is 1. The van der Waals surface area contributed by atoms with E-state index in [0.29, 0.717) is 17.8 Å². The molecule has 0 amide bonds. The first-order valence-corrected chi connectivity index (χ1v) is 6.68. The highest BCUT2D eigenvalue weighted by Crippen LogP contribution is 2.29. The third-order valence-corrected chi connectivity index (χ3v) is 4.11. The first-order valence-electron chi connectivity index (χ1n) is 6.68. The van der Waals surface area contributed by atoms with Crippen LogP contribution in [0.5, 0.6) is 0 Å². The van der Waals surface area contributed by atoms with Gasteiger partial charge in [0.1, 0.15) is 11.6 Å². The smallest absolute Gasteiger partial charge is 0.149 e. The van der Waals surface area contributed by atoms with E-state index in [1.54, 1.807) is 0 Å². The number of anilines is 1. The molecule has 0 bridgehead atoms. The molecular weight excluding hydrogens is 234 g/mol. The van der Waals surface area contributed by atoms with E-state index in [2.05, 4.69) is 10.2 Å². The summed E-state index contributed by atoms with van der Waals surface area (Å²) in [6, 6.07) is 4.69. The number of hydrogen-bond donors (Lipinski definition) is 1. The van der Waals surface area contributed by atoms with Gasteiger partial charge in [0.2, 0.25) is 0 Å². The topological polar surface area (TPSA) is 15.3 Å². The SMILES string of the molecule is Fc1ccc(NC2CCN3CCCC3C2)c(F)c1. The molecule has 2 unspecified atom stereocenters. The van der Waals surface area contributed by atoms with Crippen molar-refractivity contribution >= 4 is 5.69 Å². The third kappa shape index (κ3) is 2.34. The molecule has 98 valence electrons. The zero-order valence-electron chi connectivity index (χ0n) is 10.3. The van der Waals surface area contributed by atoms with Crippen molar-refractivity contribution in [2.75, 3.05) is 18.4 Å². The van der Waals surface area contributed by atoms with Crippen molar-refractivity contribution in [2.45, 2.75) is 37.8 Å². The van der Waals surface area contributed by atoms with Gasteiger partial charge in [-0.05, 0) is 44.4 Å². The van der Waals surface area contributed by atoms with Gasteiger partial charge in [0.05, 0.1) is 5.69 Å². The largest absolute Gasteiger partial charge is 0.380 e. The molecule has 4 heteroatoms. The second-order valence-corrected chi connectivity index (χ2v) is 5.32. The fraction of sp³-hybridized carbons (Fsp3) is 0.571. The lowest BCUT2D eigenvalue weighted by Crippen LogP contribution is -2.42. The van der Waals surface area contributed by atoms with E-state index in [1.807, 2.05) is 0 Å². The predicted octanol–water partition coefficient (Wildman–Crippen LogP) is 3.00. The van der Waals surface area contributed by atoms with Crippen LogP contribution in [0.2, 0.25) is 0 Å². The number of halogens is 2. The van der Waals surface area contributed by atoms with Crippen LogP contribution in [-0.4, -0.2) is 30.1 Å². The minimum absolute atomic E-state index is 0.310. The van der Waals surface area contributed by atoms with E-state index in [4.69, 9.17) is 0 Å². The summed E-state index contributed by atoms with van der Waals surface area (Å²) in [5, 5.41) is 3.22. The van der Waals surface area contributed by atoms with E-state index in [1.165, 1.54) is 31.5 Å². The highest BCUT2D eigenvalue weighted by molar-refractivity contribution is 5.45. The molecular formula is C14H18F2N2. The normalized spacial score (nSPS) is 28.1. The van der Waals surface area contributed by atoms with Crippen molar-refractivity contribution in [3.63, 3.8) is 0 Å². The van der Waals surface area contributed by atoms with Crippen molar-refractivity contribution in [3.05, 3.63) is 29.8 Å². The van der Waals surface area contributed by atoms with Crippen LogP contribution in [0, 0.1) is 11.6 Å². The van der Waals surface area contributed by atoms with Gasteiger partial charge in [-0.3, -0.25) is 0 Å². The Balaban J connectivity index is 1.66. The molecule has 2 nitrogen and oxygen atoms in total. The standard InChI is InChI=1S/C14H18F2N2/c15-10-3-4-14(13(16)8-10)17-11-5-7-18-6-1-2-12(18)9-11/h3-4,8,11-12,17H,1-2,5-7,9H2. The fourth-order valence-corrected chi connectivity index (χ4v) is 3.18. The second kappa shape index (κ2) is 4.84. The van der Waals surface area contributed by atoms with E-state index in [-0.39, 0.29) is 0 Å². The van der Waals surface area contributed by atoms with Crippen LogP contribution in [0.15, 0.2) is 18.2 Å². The molecule has 0 aromatic heterocycles. The summed E-state index contributed by atoms with van der Waals surface area (Å²) in [5.74, 6) is -1.02. The zero-order chi connectivity index (χ0) is 12.5. The van der Waals surface area contributed by atoms with E-state index < -0.39 is 11.6 Å². The number of benzene rings is 1. The van der Waals surface area contributed by atoms with Gasteiger partial charge < -0.3 is 10.2 Å². The van der Waals surface area contributed by atoms with Crippen LogP contribution in [0.4, 0.5) is 14.5 Å². The Labute approximate surface area is 106 Å². The van der Waals surface area contributed by atoms with Crippen LogP contribution in [0.3, 0.4) is 0 Å². The molecule has 3 rings (SSSR count). The van der Waals surface area contributed by atoms with Gasteiger partial charge in [-0.1, -0.05) is 0 Å². The number of rotatable bonds is 2. The summed E-state index contributed by atoms with van der Waals surface area (Å²) in [6.07, 6.45) is 4.64. The molecule has 0 radical (unpaired) electrons. The molecule has 2 heterocycles. The Morgan fingerprint density at radius 2 is 2.06 bits per heavy atom. The summed E-state index contributed by atoms with van der Waals surface area (Å²) in [6.45, 7) is 2.30. The zero-order valence-corrected chi connectivity index (χ0v) is 10.3. The molecule has 2 aliphatic rings. The highest BCUT2D eigenvalue weighted by Gasteiger charge is 2.31. The number of piperidine rings is 1. The molecule has 2 saturated heterocycles. The van der Waals surface area contributed by atoms with Gasteiger partial charge in [-0.2, -0.15) is 0 Å². The average Bonchev–Trinajstić information content (AvgIpc) is 2.80. The van der Waals surface area contributed by atoms with Crippen LogP contribution < -0.4 is 5.32 Å². The van der Waals surface area contributed by atoms with Crippen LogP contribution in [0.25, 0.3) is 0 Å². The van der Waals surface area contributed by atoms with Crippen molar-refractivity contribution in [2.24, 2.45) is 0 Å². The summed E-state index contributed by atoms with van der Waals surface area (Å²) in [4.78, 5) is 2.53. The summed E-state index contributed by atoms with van der Waals surface area (Å²) in [5.41, 5.74) is 0.424. The maximum atomic E-state index is 13.6. The molecule has 2 aliphatic heterocycles. The lowest BCUT2D eigenvalue weighted by atomic mass is 9.97. The first kappa shape index (κ1) is 11.9. The molecule has 0 saturated carbocycles. The lowest BCUT2D eigenvalue weighted by molar-refractivity contribution is 0.188. The number of hydrogen-bond acceptors (Lipinski definition) is 2. The van der Waals surface area contributed by atoms with Gasteiger partial charge in [0.25, 0.3) is 0 Å². The molecule has 0 spiro atoms. The highest BCUT2D eigenvalue weighted by atomic mass is 19.1. The Morgan fingerprint density at radius 1 is 1.17 bits per heavy atom. The Hall–Kier alpha value is -1.16. The monoisotopic (exact) mass is 252 g/mol.